The number of benzene rings is 1. The molecule has 0 aliphatic carbocycles. The van der Waals surface area contributed by atoms with Gasteiger partial charge in [-0.2, -0.15) is 0 Å². The number of nitrogens with zero attached hydrogens (tertiary/aromatic N) is 3. The van der Waals surface area contributed by atoms with Crippen LogP contribution < -0.4 is 0 Å². The summed E-state index contributed by atoms with van der Waals surface area (Å²) >= 11 is 6.28. The van der Waals surface area contributed by atoms with Gasteiger partial charge in [0, 0.05) is 45.5 Å². The molecule has 2 N–H and O–H groups in total. The summed E-state index contributed by atoms with van der Waals surface area (Å²) in [5.74, 6) is -3.36. The van der Waals surface area contributed by atoms with Crippen molar-refractivity contribution in [3.8, 4) is 0 Å². The lowest BCUT2D eigenvalue weighted by Crippen LogP contribution is -2.48. The van der Waals surface area contributed by atoms with Crippen molar-refractivity contribution < 1.29 is 23.9 Å². The van der Waals surface area contributed by atoms with Crippen molar-refractivity contribution in [2.24, 2.45) is 0 Å². The SMILES string of the molecule is C=C1C=C(Cl)C(C(=O)N2CCC(O)(Cc3ccc(F)cc3)CC2)=CN1C(=N)C(=O)C(=O)N(C)C. The molecule has 8 nitrogen and oxygen atoms in total. The molecular weight excluding hydrogens is 463 g/mol. The van der Waals surface area contributed by atoms with E-state index in [0.717, 1.165) is 15.4 Å². The van der Waals surface area contributed by atoms with Gasteiger partial charge in [0.05, 0.1) is 16.2 Å². The Morgan fingerprint density at radius 1 is 1.21 bits per heavy atom. The maximum absolute atomic E-state index is 13.2. The molecule has 2 amide bonds. The second-order valence-electron chi connectivity index (χ2n) is 8.59. The summed E-state index contributed by atoms with van der Waals surface area (Å²) in [6, 6.07) is 5.94. The standard InChI is InChI=1S/C24H26ClFN4O4/c1-15-12-19(25)18(14-30(15)21(27)20(31)23(33)28(2)3)22(32)29-10-8-24(34,9-11-29)13-16-4-6-17(26)7-5-16/h4-7,12,14,27,34H,1,8-11,13H2,2-3H3. The van der Waals surface area contributed by atoms with Crippen molar-refractivity contribution in [2.45, 2.75) is 24.9 Å². The minimum Gasteiger partial charge on any atom is -0.389 e. The van der Waals surface area contributed by atoms with E-state index in [1.165, 1.54) is 43.4 Å². The highest BCUT2D eigenvalue weighted by atomic mass is 35.5. The van der Waals surface area contributed by atoms with Gasteiger partial charge in [-0.3, -0.25) is 24.7 Å². The smallest absolute Gasteiger partial charge is 0.297 e. The molecular formula is C24H26ClFN4O4. The predicted molar refractivity (Wildman–Crippen MR) is 125 cm³/mol. The highest BCUT2D eigenvalue weighted by Crippen LogP contribution is 2.31. The number of hydrogen-bond acceptors (Lipinski definition) is 5. The van der Waals surface area contributed by atoms with Crippen LogP contribution in [0.1, 0.15) is 18.4 Å². The van der Waals surface area contributed by atoms with E-state index in [0.29, 0.717) is 19.3 Å². The van der Waals surface area contributed by atoms with E-state index in [2.05, 4.69) is 6.58 Å². The topological polar surface area (TPSA) is 105 Å². The van der Waals surface area contributed by atoms with E-state index >= 15 is 0 Å². The average molecular weight is 489 g/mol. The lowest BCUT2D eigenvalue weighted by molar-refractivity contribution is -0.139. The Hall–Kier alpha value is -3.30. The van der Waals surface area contributed by atoms with Crippen LogP contribution in [0.3, 0.4) is 0 Å². The number of likely N-dealkylation sites (N-methyl/N-ethyl adjacent to an activating group) is 1. The summed E-state index contributed by atoms with van der Waals surface area (Å²) in [5.41, 5.74) is -0.0164. The van der Waals surface area contributed by atoms with E-state index in [1.807, 2.05) is 0 Å². The van der Waals surface area contributed by atoms with Crippen LogP contribution in [0.25, 0.3) is 0 Å². The van der Waals surface area contributed by atoms with Gasteiger partial charge in [0.2, 0.25) is 0 Å². The number of Topliss-reactive ketones (excluding diaryl/α,β-unsaturated/α-hetero) is 1. The minimum absolute atomic E-state index is 0.0490. The number of piperidine rings is 1. The molecule has 0 radical (unpaired) electrons. The first-order valence-electron chi connectivity index (χ1n) is 10.6. The first-order chi connectivity index (χ1) is 15.9. The van der Waals surface area contributed by atoms with Gasteiger partial charge in [-0.25, -0.2) is 4.39 Å². The molecule has 2 aliphatic heterocycles. The first-order valence-corrected chi connectivity index (χ1v) is 11.0. The number of rotatable bonds is 5. The number of amides is 2. The third-order valence-electron chi connectivity index (χ3n) is 5.83. The van der Waals surface area contributed by atoms with Crippen LogP contribution in [0.5, 0.6) is 0 Å². The van der Waals surface area contributed by atoms with Crippen LogP contribution in [0.2, 0.25) is 0 Å². The fourth-order valence-electron chi connectivity index (χ4n) is 3.80. The van der Waals surface area contributed by atoms with Crippen LogP contribution in [0.15, 0.2) is 59.4 Å². The highest BCUT2D eigenvalue weighted by Gasteiger charge is 2.36. The zero-order valence-corrected chi connectivity index (χ0v) is 19.7. The number of allylic oxidation sites excluding steroid dienone is 1. The largest absolute Gasteiger partial charge is 0.389 e. The monoisotopic (exact) mass is 488 g/mol. The van der Waals surface area contributed by atoms with E-state index in [4.69, 9.17) is 17.0 Å². The molecule has 1 aromatic carbocycles. The fraction of sp³-hybridized carbons (Fsp3) is 0.333. The Balaban J connectivity index is 1.71. The van der Waals surface area contributed by atoms with Crippen LogP contribution >= 0.6 is 11.6 Å². The molecule has 2 aliphatic rings. The van der Waals surface area contributed by atoms with E-state index in [-0.39, 0.29) is 35.2 Å². The second-order valence-corrected chi connectivity index (χ2v) is 9.00. The quantitative estimate of drug-likeness (QED) is 0.375. The van der Waals surface area contributed by atoms with Gasteiger partial charge < -0.3 is 14.9 Å². The van der Waals surface area contributed by atoms with Gasteiger partial charge in [0.1, 0.15) is 5.82 Å². The predicted octanol–water partition coefficient (Wildman–Crippen LogP) is 2.19. The lowest BCUT2D eigenvalue weighted by atomic mass is 9.85. The molecule has 3 rings (SSSR count). The number of carbonyl (C=O) groups is 3. The molecule has 10 heteroatoms. The molecule has 1 saturated heterocycles. The molecule has 34 heavy (non-hydrogen) atoms. The number of aliphatic hydroxyl groups is 1. The summed E-state index contributed by atoms with van der Waals surface area (Å²) in [7, 11) is 2.79. The molecule has 1 fully saturated rings. The van der Waals surface area contributed by atoms with Crippen LogP contribution in [0, 0.1) is 11.2 Å². The molecule has 0 atom stereocenters. The molecule has 180 valence electrons. The second kappa shape index (κ2) is 9.90. The Labute approximate surface area is 202 Å². The Kier molecular flexibility index (Phi) is 7.38. The lowest BCUT2D eigenvalue weighted by Gasteiger charge is -2.39. The van der Waals surface area contributed by atoms with Crippen molar-refractivity contribution in [3.63, 3.8) is 0 Å². The van der Waals surface area contributed by atoms with Crippen molar-refractivity contribution in [2.75, 3.05) is 27.2 Å². The van der Waals surface area contributed by atoms with Gasteiger partial charge in [-0.15, -0.1) is 0 Å². The summed E-state index contributed by atoms with van der Waals surface area (Å²) in [5, 5.41) is 19.2. The summed E-state index contributed by atoms with van der Waals surface area (Å²) < 4.78 is 13.1. The van der Waals surface area contributed by atoms with Crippen molar-refractivity contribution in [1.82, 2.24) is 14.7 Å². The average Bonchev–Trinajstić information content (AvgIpc) is 2.79. The van der Waals surface area contributed by atoms with Gasteiger partial charge in [0.15, 0.2) is 5.84 Å². The Morgan fingerprint density at radius 3 is 2.35 bits per heavy atom. The highest BCUT2D eigenvalue weighted by molar-refractivity contribution is 6.63. The third kappa shape index (κ3) is 5.43. The molecule has 0 bridgehead atoms. The number of hydrogen-bond donors (Lipinski definition) is 2. The molecule has 0 spiro atoms. The Morgan fingerprint density at radius 2 is 1.79 bits per heavy atom. The van der Waals surface area contributed by atoms with Crippen LogP contribution in [-0.2, 0) is 20.8 Å². The third-order valence-corrected chi connectivity index (χ3v) is 6.15. The van der Waals surface area contributed by atoms with E-state index in [9.17, 15) is 23.9 Å². The maximum Gasteiger partial charge on any atom is 0.297 e. The number of nitrogens with one attached hydrogen (secondary N) is 1. The molecule has 0 unspecified atom stereocenters. The molecule has 2 heterocycles. The first kappa shape index (κ1) is 25.3. The summed E-state index contributed by atoms with van der Waals surface area (Å²) in [6.45, 7) is 4.26. The van der Waals surface area contributed by atoms with Gasteiger partial charge in [0.25, 0.3) is 17.6 Å². The van der Waals surface area contributed by atoms with Crippen LogP contribution in [-0.4, -0.2) is 76.0 Å². The van der Waals surface area contributed by atoms with Gasteiger partial charge in [-0.1, -0.05) is 30.3 Å². The number of halogens is 2. The van der Waals surface area contributed by atoms with Crippen molar-refractivity contribution >= 4 is 35.0 Å². The number of amidine groups is 1. The Bertz CT molecular complexity index is 1100. The maximum atomic E-state index is 13.2. The van der Waals surface area contributed by atoms with Crippen LogP contribution in [0.4, 0.5) is 4.39 Å². The number of likely N-dealkylation sites (tertiary alicyclic amines) is 1. The van der Waals surface area contributed by atoms with Crippen molar-refractivity contribution in [3.05, 3.63) is 70.8 Å². The normalized spacial score (nSPS) is 17.6. The zero-order valence-electron chi connectivity index (χ0n) is 19.0. The molecule has 0 saturated carbocycles. The van der Waals surface area contributed by atoms with E-state index in [1.54, 1.807) is 12.1 Å². The minimum atomic E-state index is -1.05. The summed E-state index contributed by atoms with van der Waals surface area (Å²) in [4.78, 5) is 41.1. The number of carbonyl (C=O) groups excluding carboxylic acids is 3. The zero-order chi connectivity index (χ0) is 25.2. The van der Waals surface area contributed by atoms with Gasteiger partial charge in [-0.05, 0) is 36.6 Å². The number of ketones is 1. The summed E-state index contributed by atoms with van der Waals surface area (Å²) in [6.07, 6.45) is 3.55. The molecule has 0 aromatic heterocycles. The molecule has 1 aromatic rings. The van der Waals surface area contributed by atoms with Gasteiger partial charge >= 0.3 is 0 Å². The fourth-order valence-corrected chi connectivity index (χ4v) is 4.06. The van der Waals surface area contributed by atoms with Crippen molar-refractivity contribution in [1.29, 1.82) is 5.41 Å². The van der Waals surface area contributed by atoms with E-state index < -0.39 is 29.0 Å².